The topological polar surface area (TPSA) is 98.7 Å². The molecule has 0 bridgehead atoms. The van der Waals surface area contributed by atoms with Gasteiger partial charge in [0.2, 0.25) is 5.91 Å². The lowest BCUT2D eigenvalue weighted by Gasteiger charge is -2.35. The van der Waals surface area contributed by atoms with Crippen molar-refractivity contribution in [2.45, 2.75) is 50.3 Å². The highest BCUT2D eigenvalue weighted by Gasteiger charge is 2.37. The zero-order chi connectivity index (χ0) is 23.3. The minimum absolute atomic E-state index is 0.0154. The molecule has 178 valence electrons. The molecule has 0 aliphatic carbocycles. The van der Waals surface area contributed by atoms with E-state index in [0.29, 0.717) is 6.42 Å². The molecule has 1 amide bonds. The van der Waals surface area contributed by atoms with Crippen LogP contribution in [0, 0.1) is 0 Å². The van der Waals surface area contributed by atoms with E-state index in [0.717, 1.165) is 50.1 Å². The summed E-state index contributed by atoms with van der Waals surface area (Å²) in [6.07, 6.45) is 3.12. The third kappa shape index (κ3) is 6.79. The number of carbonyl (C=O) groups is 1. The van der Waals surface area contributed by atoms with Gasteiger partial charge in [0.05, 0.1) is 17.6 Å². The first-order valence-electron chi connectivity index (χ1n) is 11.7. The van der Waals surface area contributed by atoms with Gasteiger partial charge in [0.1, 0.15) is 0 Å². The number of nitrogens with one attached hydrogen (secondary N) is 2. The van der Waals surface area contributed by atoms with E-state index in [-0.39, 0.29) is 29.5 Å². The quantitative estimate of drug-likeness (QED) is 0.547. The first-order chi connectivity index (χ1) is 15.9. The van der Waals surface area contributed by atoms with Gasteiger partial charge >= 0.3 is 0 Å². The van der Waals surface area contributed by atoms with Crippen molar-refractivity contribution in [3.63, 3.8) is 0 Å². The molecule has 7 nitrogen and oxygen atoms in total. The third-order valence-electron chi connectivity index (χ3n) is 6.47. The number of hydrogen-bond acceptors (Lipinski definition) is 6. The molecule has 4 rings (SSSR count). The van der Waals surface area contributed by atoms with Crippen LogP contribution in [0.5, 0.6) is 0 Å². The van der Waals surface area contributed by atoms with Gasteiger partial charge in [-0.2, -0.15) is 0 Å². The van der Waals surface area contributed by atoms with Gasteiger partial charge in [-0.3, -0.25) is 4.79 Å². The Labute approximate surface area is 196 Å². The Morgan fingerprint density at radius 2 is 1.79 bits per heavy atom. The molecule has 2 aromatic rings. The molecule has 2 fully saturated rings. The molecule has 0 saturated carbocycles. The number of aliphatic hydroxyl groups is 1. The molecule has 2 aliphatic rings. The Balaban J connectivity index is 1.23. The lowest BCUT2D eigenvalue weighted by molar-refractivity contribution is -0.116. The predicted octanol–water partition coefficient (Wildman–Crippen LogP) is 2.36. The van der Waals surface area contributed by atoms with Crippen molar-refractivity contribution in [1.29, 1.82) is 0 Å². The monoisotopic (exact) mass is 471 g/mol. The van der Waals surface area contributed by atoms with Crippen LogP contribution >= 0.6 is 0 Å². The van der Waals surface area contributed by atoms with Crippen molar-refractivity contribution < 1.29 is 18.3 Å². The number of amides is 1. The molecule has 0 unspecified atom stereocenters. The smallest absolute Gasteiger partial charge is 0.224 e. The van der Waals surface area contributed by atoms with E-state index in [1.807, 2.05) is 42.5 Å². The van der Waals surface area contributed by atoms with E-state index in [1.54, 1.807) is 0 Å². The van der Waals surface area contributed by atoms with Gasteiger partial charge in [0.25, 0.3) is 0 Å². The Morgan fingerprint density at radius 1 is 1.03 bits per heavy atom. The average Bonchev–Trinajstić information content (AvgIpc) is 3.06. The number of nitrogens with zero attached hydrogens (tertiary/aromatic N) is 1. The summed E-state index contributed by atoms with van der Waals surface area (Å²) in [7, 11) is -3.14. The number of aliphatic hydroxyl groups excluding tert-OH is 1. The lowest BCUT2D eigenvalue weighted by atomic mass is 10.0. The molecule has 0 spiro atoms. The molecular formula is C25H33N3O4S. The Kier molecular flexibility index (Phi) is 7.67. The molecular weight excluding hydrogens is 438 g/mol. The fourth-order valence-electron chi connectivity index (χ4n) is 4.70. The Hall–Kier alpha value is -2.42. The van der Waals surface area contributed by atoms with Crippen LogP contribution in [-0.2, 0) is 21.1 Å². The summed E-state index contributed by atoms with van der Waals surface area (Å²) < 4.78 is 23.4. The molecule has 2 heterocycles. The molecule has 2 aromatic carbocycles. The molecule has 3 N–H and O–H groups in total. The highest BCUT2D eigenvalue weighted by atomic mass is 32.2. The van der Waals surface area contributed by atoms with Gasteiger partial charge in [-0.05, 0) is 49.4 Å². The maximum absolute atomic E-state index is 12.4. The summed E-state index contributed by atoms with van der Waals surface area (Å²) in [6.45, 7) is 1.67. The molecule has 8 heteroatoms. The maximum Gasteiger partial charge on any atom is 0.224 e. The number of aryl methyl sites for hydroxylation is 1. The third-order valence-corrected chi connectivity index (χ3v) is 8.19. The van der Waals surface area contributed by atoms with Crippen LogP contribution in [0.1, 0.15) is 31.2 Å². The summed E-state index contributed by atoms with van der Waals surface area (Å²) in [5.41, 5.74) is 3.12. The van der Waals surface area contributed by atoms with Crippen molar-refractivity contribution in [3.05, 3.63) is 60.2 Å². The van der Waals surface area contributed by atoms with Gasteiger partial charge in [0.15, 0.2) is 9.84 Å². The fraction of sp³-hybridized carbons (Fsp3) is 0.480. The van der Waals surface area contributed by atoms with Gasteiger partial charge in [-0.15, -0.1) is 0 Å². The van der Waals surface area contributed by atoms with Crippen LogP contribution in [0.4, 0.5) is 11.4 Å². The van der Waals surface area contributed by atoms with Crippen molar-refractivity contribution in [2.24, 2.45) is 0 Å². The number of carbonyl (C=O) groups excluding carboxylic acids is 1. The maximum atomic E-state index is 12.4. The Morgan fingerprint density at radius 3 is 2.48 bits per heavy atom. The summed E-state index contributed by atoms with van der Waals surface area (Å²) in [4.78, 5) is 14.7. The SMILES string of the molecule is O=C(CCCc1ccccc1)Nc1cccc(N2CCC(N[C@@H]3CS(=O)(=O)C[C@H]3O)CC2)c1. The van der Waals surface area contributed by atoms with E-state index in [9.17, 15) is 18.3 Å². The van der Waals surface area contributed by atoms with Crippen LogP contribution < -0.4 is 15.5 Å². The lowest BCUT2D eigenvalue weighted by Crippen LogP contribution is -2.49. The van der Waals surface area contributed by atoms with Crippen molar-refractivity contribution in [1.82, 2.24) is 5.32 Å². The van der Waals surface area contributed by atoms with Crippen LogP contribution in [-0.4, -0.2) is 62.2 Å². The zero-order valence-electron chi connectivity index (χ0n) is 18.8. The average molecular weight is 472 g/mol. The van der Waals surface area contributed by atoms with Crippen LogP contribution in [0.25, 0.3) is 0 Å². The highest BCUT2D eigenvalue weighted by molar-refractivity contribution is 7.91. The van der Waals surface area contributed by atoms with E-state index in [4.69, 9.17) is 0 Å². The van der Waals surface area contributed by atoms with E-state index >= 15 is 0 Å². The molecule has 2 saturated heterocycles. The van der Waals surface area contributed by atoms with Gasteiger partial charge in [-0.1, -0.05) is 36.4 Å². The zero-order valence-corrected chi connectivity index (χ0v) is 19.6. The fourth-order valence-corrected chi connectivity index (χ4v) is 6.45. The van der Waals surface area contributed by atoms with Crippen molar-refractivity contribution >= 4 is 27.1 Å². The van der Waals surface area contributed by atoms with Gasteiger partial charge in [0, 0.05) is 43.0 Å². The highest BCUT2D eigenvalue weighted by Crippen LogP contribution is 2.24. The molecule has 33 heavy (non-hydrogen) atoms. The van der Waals surface area contributed by atoms with E-state index in [1.165, 1.54) is 5.56 Å². The first kappa shape index (κ1) is 23.7. The van der Waals surface area contributed by atoms with Gasteiger partial charge < -0.3 is 20.6 Å². The summed E-state index contributed by atoms with van der Waals surface area (Å²) >= 11 is 0. The first-order valence-corrected chi connectivity index (χ1v) is 13.5. The van der Waals surface area contributed by atoms with Crippen LogP contribution in [0.3, 0.4) is 0 Å². The van der Waals surface area contributed by atoms with Crippen molar-refractivity contribution in [2.75, 3.05) is 34.8 Å². The second kappa shape index (κ2) is 10.7. The number of benzene rings is 2. The minimum atomic E-state index is -3.14. The van der Waals surface area contributed by atoms with Crippen molar-refractivity contribution in [3.8, 4) is 0 Å². The largest absolute Gasteiger partial charge is 0.390 e. The number of rotatable bonds is 8. The summed E-state index contributed by atoms with van der Waals surface area (Å²) in [5.74, 6) is -0.105. The minimum Gasteiger partial charge on any atom is -0.390 e. The predicted molar refractivity (Wildman–Crippen MR) is 131 cm³/mol. The second-order valence-electron chi connectivity index (χ2n) is 9.12. The second-order valence-corrected chi connectivity index (χ2v) is 11.3. The van der Waals surface area contributed by atoms with Crippen LogP contribution in [0.15, 0.2) is 54.6 Å². The molecule has 2 atom stereocenters. The molecule has 0 radical (unpaired) electrons. The molecule has 2 aliphatic heterocycles. The number of sulfone groups is 1. The van der Waals surface area contributed by atoms with E-state index < -0.39 is 15.9 Å². The summed E-state index contributed by atoms with van der Waals surface area (Å²) in [6, 6.07) is 17.9. The number of hydrogen-bond donors (Lipinski definition) is 3. The van der Waals surface area contributed by atoms with Gasteiger partial charge in [-0.25, -0.2) is 8.42 Å². The number of anilines is 2. The summed E-state index contributed by atoms with van der Waals surface area (Å²) in [5, 5.41) is 16.4. The number of piperidine rings is 1. The van der Waals surface area contributed by atoms with Crippen LogP contribution in [0.2, 0.25) is 0 Å². The normalized spacial score (nSPS) is 22.9. The Bertz CT molecular complexity index is 1040. The molecule has 0 aromatic heterocycles. The van der Waals surface area contributed by atoms with E-state index in [2.05, 4.69) is 27.7 Å². The standard InChI is InChI=1S/C25H33N3O4S/c29-24-18-33(31,32)17-23(24)26-20-12-14-28(15-13-20)22-10-5-9-21(16-22)27-25(30)11-4-8-19-6-2-1-3-7-19/h1-3,5-7,9-10,16,20,23-24,26,29H,4,8,11-15,17-18H2,(H,27,30)/t23-,24-/m1/s1.